The molecule has 1 aromatic carbocycles. The van der Waals surface area contributed by atoms with Crippen LogP contribution in [0.3, 0.4) is 0 Å². The second-order valence-electron chi connectivity index (χ2n) is 7.84. The summed E-state index contributed by atoms with van der Waals surface area (Å²) >= 11 is 0. The summed E-state index contributed by atoms with van der Waals surface area (Å²) in [4.78, 5) is 43.9. The van der Waals surface area contributed by atoms with Crippen LogP contribution >= 0.6 is 7.82 Å². The molecule has 0 bridgehead atoms. The van der Waals surface area contributed by atoms with Crippen molar-refractivity contribution in [1.82, 2.24) is 4.57 Å². The van der Waals surface area contributed by atoms with Crippen LogP contribution < -0.4 is 10.3 Å². The number of hydrogen-bond acceptors (Lipinski definition) is 5. The van der Waals surface area contributed by atoms with E-state index in [4.69, 9.17) is 14.3 Å². The van der Waals surface area contributed by atoms with E-state index in [9.17, 15) is 19.3 Å². The Hall–Kier alpha value is -2.26. The van der Waals surface area contributed by atoms with Gasteiger partial charge in [0.2, 0.25) is 5.43 Å². The number of aromatic nitrogens is 1. The summed E-state index contributed by atoms with van der Waals surface area (Å²) in [5.74, 6) is -1.95. The molecule has 1 atom stereocenters. The minimum Gasteiger partial charge on any atom is -0.477 e. The number of pyridine rings is 1. The number of hydrogen-bond donors (Lipinski definition) is 3. The largest absolute Gasteiger partial charge is 0.477 e. The second kappa shape index (κ2) is 7.46. The molecule has 9 nitrogen and oxygen atoms in total. The molecule has 1 unspecified atom stereocenters. The molecule has 4 rings (SSSR count). The SMILES string of the molecule is CC1CCc2c(N3CCC(OP(=O)(O)O)CC3)c(F)cc3c(=O)c(C(=O)O)cn1c23. The third-order valence-corrected chi connectivity index (χ3v) is 6.47. The molecule has 2 aromatic rings. The van der Waals surface area contributed by atoms with Crippen LogP contribution in [0.1, 0.15) is 48.1 Å². The van der Waals surface area contributed by atoms with E-state index in [1.807, 2.05) is 6.92 Å². The minimum absolute atomic E-state index is 0.0422. The molecule has 30 heavy (non-hydrogen) atoms. The third-order valence-electron chi connectivity index (χ3n) is 5.90. The summed E-state index contributed by atoms with van der Waals surface area (Å²) in [6.45, 7) is 2.60. The fourth-order valence-corrected chi connectivity index (χ4v) is 5.11. The number of carbonyl (C=O) groups is 1. The molecule has 1 aromatic heterocycles. The highest BCUT2D eigenvalue weighted by Gasteiger charge is 2.32. The molecule has 162 valence electrons. The van der Waals surface area contributed by atoms with Crippen LogP contribution in [-0.4, -0.2) is 44.6 Å². The van der Waals surface area contributed by atoms with E-state index in [0.29, 0.717) is 55.5 Å². The van der Waals surface area contributed by atoms with Gasteiger partial charge in [-0.1, -0.05) is 0 Å². The molecule has 2 aliphatic heterocycles. The number of anilines is 1. The highest BCUT2D eigenvalue weighted by Crippen LogP contribution is 2.42. The number of phosphoric ester groups is 1. The Morgan fingerprint density at radius 2 is 1.93 bits per heavy atom. The highest BCUT2D eigenvalue weighted by atomic mass is 31.2. The first-order chi connectivity index (χ1) is 14.1. The number of phosphoric acid groups is 1. The van der Waals surface area contributed by atoms with Gasteiger partial charge < -0.3 is 24.4 Å². The number of aromatic carboxylic acids is 1. The number of aryl methyl sites for hydroxylation is 1. The summed E-state index contributed by atoms with van der Waals surface area (Å²) in [5.41, 5.74) is 0.480. The summed E-state index contributed by atoms with van der Waals surface area (Å²) in [7, 11) is -4.58. The summed E-state index contributed by atoms with van der Waals surface area (Å²) in [6.07, 6.45) is 2.57. The van der Waals surface area contributed by atoms with E-state index in [0.717, 1.165) is 6.07 Å². The number of piperidine rings is 1. The molecule has 0 radical (unpaired) electrons. The predicted molar refractivity (Wildman–Crippen MR) is 107 cm³/mol. The molecule has 3 heterocycles. The summed E-state index contributed by atoms with van der Waals surface area (Å²) in [5, 5.41) is 9.42. The van der Waals surface area contributed by atoms with Crippen molar-refractivity contribution in [3.63, 3.8) is 0 Å². The van der Waals surface area contributed by atoms with Crippen LogP contribution in [0.2, 0.25) is 0 Å². The zero-order chi connectivity index (χ0) is 21.8. The summed E-state index contributed by atoms with van der Waals surface area (Å²) in [6, 6.07) is 1.06. The van der Waals surface area contributed by atoms with Crippen LogP contribution in [0.15, 0.2) is 17.1 Å². The first kappa shape index (κ1) is 21.0. The molecule has 2 aliphatic rings. The van der Waals surface area contributed by atoms with E-state index < -0.39 is 31.1 Å². The molecule has 1 fully saturated rings. The number of carboxylic acid groups (broad SMARTS) is 1. The van der Waals surface area contributed by atoms with E-state index in [-0.39, 0.29) is 17.0 Å². The van der Waals surface area contributed by atoms with Gasteiger partial charge in [0.15, 0.2) is 0 Å². The quantitative estimate of drug-likeness (QED) is 0.619. The Balaban J connectivity index is 1.79. The first-order valence-corrected chi connectivity index (χ1v) is 11.2. The van der Waals surface area contributed by atoms with Gasteiger partial charge in [-0.05, 0) is 38.7 Å². The normalized spacial score (nSPS) is 20.0. The maximum absolute atomic E-state index is 15.2. The van der Waals surface area contributed by atoms with Crippen molar-refractivity contribution in [2.24, 2.45) is 0 Å². The fraction of sp³-hybridized carbons (Fsp3) is 0.474. The van der Waals surface area contributed by atoms with E-state index in [1.54, 1.807) is 9.47 Å². The lowest BCUT2D eigenvalue weighted by molar-refractivity contribution is 0.0694. The maximum Gasteiger partial charge on any atom is 0.469 e. The van der Waals surface area contributed by atoms with Crippen molar-refractivity contribution < 1.29 is 33.2 Å². The average molecular weight is 440 g/mol. The number of nitrogens with zero attached hydrogens (tertiary/aromatic N) is 2. The molecular formula is C19H22FN2O7P. The standard InChI is InChI=1S/C19H22FN2O7P/c1-10-2-3-12-16-13(18(23)14(19(24)25)9-22(10)16)8-15(20)17(12)21-6-4-11(5-7-21)29-30(26,27)28/h8-11H,2-7H2,1H3,(H,24,25)(H2,26,27,28). The molecule has 1 saturated heterocycles. The number of rotatable bonds is 4. The molecule has 0 amide bonds. The fourth-order valence-electron chi connectivity index (χ4n) is 4.51. The van der Waals surface area contributed by atoms with Crippen molar-refractivity contribution in [2.75, 3.05) is 18.0 Å². The predicted octanol–water partition coefficient (Wildman–Crippen LogP) is 2.42. The van der Waals surface area contributed by atoms with Gasteiger partial charge in [0.1, 0.15) is 11.4 Å². The monoisotopic (exact) mass is 440 g/mol. The van der Waals surface area contributed by atoms with E-state index in [2.05, 4.69) is 0 Å². The van der Waals surface area contributed by atoms with Crippen molar-refractivity contribution in [1.29, 1.82) is 0 Å². The molecule has 11 heteroatoms. The number of halogens is 1. The van der Waals surface area contributed by atoms with Crippen molar-refractivity contribution in [3.8, 4) is 0 Å². The second-order valence-corrected chi connectivity index (χ2v) is 9.03. The van der Waals surface area contributed by atoms with Crippen LogP contribution in [0, 0.1) is 5.82 Å². The van der Waals surface area contributed by atoms with Crippen molar-refractivity contribution in [3.05, 3.63) is 39.4 Å². The topological polar surface area (TPSA) is 129 Å². The van der Waals surface area contributed by atoms with Gasteiger partial charge in [-0.15, -0.1) is 0 Å². The van der Waals surface area contributed by atoms with Gasteiger partial charge >= 0.3 is 13.8 Å². The molecule has 3 N–H and O–H groups in total. The van der Waals surface area contributed by atoms with Crippen LogP contribution in [0.4, 0.5) is 10.1 Å². The smallest absolute Gasteiger partial charge is 0.469 e. The first-order valence-electron chi connectivity index (χ1n) is 9.69. The highest BCUT2D eigenvalue weighted by molar-refractivity contribution is 7.46. The van der Waals surface area contributed by atoms with Gasteiger partial charge in [-0.25, -0.2) is 13.8 Å². The van der Waals surface area contributed by atoms with Crippen LogP contribution in [-0.2, 0) is 15.5 Å². The Bertz CT molecular complexity index is 1130. The van der Waals surface area contributed by atoms with Gasteiger partial charge in [0, 0.05) is 36.3 Å². The van der Waals surface area contributed by atoms with Crippen molar-refractivity contribution in [2.45, 2.75) is 44.8 Å². The molecule has 0 aliphatic carbocycles. The Morgan fingerprint density at radius 3 is 2.53 bits per heavy atom. The number of carboxylic acids is 1. The van der Waals surface area contributed by atoms with Crippen LogP contribution in [0.5, 0.6) is 0 Å². The van der Waals surface area contributed by atoms with Gasteiger partial charge in [-0.2, -0.15) is 0 Å². The average Bonchev–Trinajstić information content (AvgIpc) is 2.65. The zero-order valence-corrected chi connectivity index (χ0v) is 17.1. The summed E-state index contributed by atoms with van der Waals surface area (Å²) < 4.78 is 32.8. The minimum atomic E-state index is -4.58. The Labute approximate surface area is 170 Å². The van der Waals surface area contributed by atoms with Crippen molar-refractivity contribution >= 4 is 30.4 Å². The molecular weight excluding hydrogens is 418 g/mol. The van der Waals surface area contributed by atoms with Gasteiger partial charge in [-0.3, -0.25) is 9.32 Å². The lowest BCUT2D eigenvalue weighted by Gasteiger charge is -2.36. The maximum atomic E-state index is 15.2. The van der Waals surface area contributed by atoms with E-state index in [1.165, 1.54) is 6.20 Å². The van der Waals surface area contributed by atoms with E-state index >= 15 is 4.39 Å². The van der Waals surface area contributed by atoms with Gasteiger partial charge in [0.25, 0.3) is 0 Å². The Kier molecular flexibility index (Phi) is 5.22. The zero-order valence-electron chi connectivity index (χ0n) is 16.2. The number of benzene rings is 1. The lowest BCUT2D eigenvalue weighted by Crippen LogP contribution is -2.38. The Morgan fingerprint density at radius 1 is 1.27 bits per heavy atom. The third kappa shape index (κ3) is 3.65. The molecule has 0 saturated carbocycles. The lowest BCUT2D eigenvalue weighted by atomic mass is 9.93. The van der Waals surface area contributed by atoms with Crippen LogP contribution in [0.25, 0.3) is 10.9 Å². The molecule has 0 spiro atoms. The van der Waals surface area contributed by atoms with Gasteiger partial charge in [0.05, 0.1) is 17.3 Å².